The Kier molecular flexibility index (Phi) is 2.92. The molecule has 1 fully saturated rings. The molecular formula is C12H17N3O2. The summed E-state index contributed by atoms with van der Waals surface area (Å²) in [6.07, 6.45) is 0. The van der Waals surface area contributed by atoms with E-state index in [4.69, 9.17) is 5.73 Å². The minimum atomic E-state index is -0.400. The monoisotopic (exact) mass is 235 g/mol. The van der Waals surface area contributed by atoms with Crippen LogP contribution in [0.25, 0.3) is 0 Å². The molecule has 2 unspecified atom stereocenters. The summed E-state index contributed by atoms with van der Waals surface area (Å²) < 4.78 is 0. The highest BCUT2D eigenvalue weighted by atomic mass is 16.6. The van der Waals surface area contributed by atoms with Crippen LogP contribution in [0.15, 0.2) is 18.2 Å². The predicted molar refractivity (Wildman–Crippen MR) is 68.0 cm³/mol. The van der Waals surface area contributed by atoms with Gasteiger partial charge in [-0.1, -0.05) is 13.8 Å². The molecule has 0 aromatic heterocycles. The predicted octanol–water partition coefficient (Wildman–Crippen LogP) is 2.27. The number of non-ortho nitro benzene ring substituents is 1. The van der Waals surface area contributed by atoms with Crippen molar-refractivity contribution in [1.82, 2.24) is 0 Å². The van der Waals surface area contributed by atoms with Crippen LogP contribution in [0.1, 0.15) is 13.8 Å². The average molecular weight is 235 g/mol. The van der Waals surface area contributed by atoms with E-state index in [2.05, 4.69) is 18.7 Å². The number of nitro groups is 1. The molecular weight excluding hydrogens is 218 g/mol. The molecule has 0 aliphatic carbocycles. The third kappa shape index (κ3) is 2.33. The maximum absolute atomic E-state index is 10.8. The van der Waals surface area contributed by atoms with Crippen LogP contribution in [0.2, 0.25) is 0 Å². The number of anilines is 2. The molecule has 1 aromatic rings. The Bertz CT molecular complexity index is 437. The highest BCUT2D eigenvalue weighted by Crippen LogP contribution is 2.31. The summed E-state index contributed by atoms with van der Waals surface area (Å²) >= 11 is 0. The summed E-state index contributed by atoms with van der Waals surface area (Å²) in [5.41, 5.74) is 7.07. The first-order valence-electron chi connectivity index (χ1n) is 5.77. The molecule has 2 N–H and O–H groups in total. The number of hydrogen-bond donors (Lipinski definition) is 1. The largest absolute Gasteiger partial charge is 0.398 e. The van der Waals surface area contributed by atoms with Crippen LogP contribution >= 0.6 is 0 Å². The molecule has 0 spiro atoms. The fourth-order valence-electron chi connectivity index (χ4n) is 2.25. The summed E-state index contributed by atoms with van der Waals surface area (Å²) in [6.45, 7) is 6.26. The number of nitrogen functional groups attached to an aromatic ring is 1. The second kappa shape index (κ2) is 4.24. The van der Waals surface area contributed by atoms with Crippen LogP contribution in [0.4, 0.5) is 17.1 Å². The van der Waals surface area contributed by atoms with Gasteiger partial charge in [0.1, 0.15) is 0 Å². The fourth-order valence-corrected chi connectivity index (χ4v) is 2.25. The minimum absolute atomic E-state index is 0.0622. The van der Waals surface area contributed by atoms with E-state index in [9.17, 15) is 10.1 Å². The lowest BCUT2D eigenvalue weighted by Gasteiger charge is -2.18. The van der Waals surface area contributed by atoms with Crippen LogP contribution in [-0.2, 0) is 0 Å². The highest BCUT2D eigenvalue weighted by molar-refractivity contribution is 5.63. The Morgan fingerprint density at radius 2 is 1.88 bits per heavy atom. The maximum atomic E-state index is 10.8. The van der Waals surface area contributed by atoms with E-state index < -0.39 is 4.92 Å². The van der Waals surface area contributed by atoms with Gasteiger partial charge in [-0.15, -0.1) is 0 Å². The first-order chi connectivity index (χ1) is 7.97. The molecule has 1 aliphatic rings. The molecule has 1 saturated heterocycles. The van der Waals surface area contributed by atoms with Crippen molar-refractivity contribution in [2.45, 2.75) is 13.8 Å². The molecule has 2 rings (SSSR count). The number of nitrogens with zero attached hydrogens (tertiary/aromatic N) is 2. The lowest BCUT2D eigenvalue weighted by Crippen LogP contribution is -2.19. The van der Waals surface area contributed by atoms with E-state index >= 15 is 0 Å². The highest BCUT2D eigenvalue weighted by Gasteiger charge is 2.27. The third-order valence-corrected chi connectivity index (χ3v) is 3.49. The van der Waals surface area contributed by atoms with Crippen LogP contribution in [-0.4, -0.2) is 18.0 Å². The lowest BCUT2D eigenvalue weighted by molar-refractivity contribution is -0.384. The average Bonchev–Trinajstić information content (AvgIpc) is 2.58. The Hall–Kier alpha value is -1.78. The molecule has 5 nitrogen and oxygen atoms in total. The Balaban J connectivity index is 2.30. The number of hydrogen-bond acceptors (Lipinski definition) is 4. The summed E-state index contributed by atoms with van der Waals surface area (Å²) in [4.78, 5) is 12.5. The van der Waals surface area contributed by atoms with Crippen molar-refractivity contribution < 1.29 is 4.92 Å². The van der Waals surface area contributed by atoms with Crippen molar-refractivity contribution in [2.24, 2.45) is 11.8 Å². The molecule has 1 aliphatic heterocycles. The molecule has 0 amide bonds. The molecule has 0 radical (unpaired) electrons. The Labute approximate surface area is 100 Å². The van der Waals surface area contributed by atoms with Gasteiger partial charge in [0.2, 0.25) is 0 Å². The summed E-state index contributed by atoms with van der Waals surface area (Å²) in [5.74, 6) is 1.21. The van der Waals surface area contributed by atoms with E-state index in [1.807, 2.05) is 0 Å². The van der Waals surface area contributed by atoms with Gasteiger partial charge < -0.3 is 10.6 Å². The van der Waals surface area contributed by atoms with E-state index in [-0.39, 0.29) is 5.69 Å². The lowest BCUT2D eigenvalue weighted by atomic mass is 10.0. The second-order valence-corrected chi connectivity index (χ2v) is 4.90. The summed E-state index contributed by atoms with van der Waals surface area (Å²) in [6, 6.07) is 4.80. The second-order valence-electron chi connectivity index (χ2n) is 4.90. The van der Waals surface area contributed by atoms with E-state index in [0.717, 1.165) is 18.8 Å². The van der Waals surface area contributed by atoms with Crippen molar-refractivity contribution >= 4 is 17.1 Å². The molecule has 5 heteroatoms. The third-order valence-electron chi connectivity index (χ3n) is 3.49. The molecule has 0 bridgehead atoms. The smallest absolute Gasteiger partial charge is 0.273 e. The van der Waals surface area contributed by atoms with Gasteiger partial charge in [0, 0.05) is 36.6 Å². The number of benzene rings is 1. The maximum Gasteiger partial charge on any atom is 0.273 e. The minimum Gasteiger partial charge on any atom is -0.398 e. The SMILES string of the molecule is CC1CN(c2cc(N)cc([N+](=O)[O-])c2)CC1C. The van der Waals surface area contributed by atoms with E-state index in [1.54, 1.807) is 12.1 Å². The number of nitro benzene ring substituents is 1. The van der Waals surface area contributed by atoms with Crippen molar-refractivity contribution in [2.75, 3.05) is 23.7 Å². The van der Waals surface area contributed by atoms with Gasteiger partial charge in [-0.2, -0.15) is 0 Å². The van der Waals surface area contributed by atoms with Gasteiger partial charge in [0.15, 0.2) is 0 Å². The number of nitrogens with two attached hydrogens (primary N) is 1. The van der Waals surface area contributed by atoms with Gasteiger partial charge >= 0.3 is 0 Å². The zero-order valence-corrected chi connectivity index (χ0v) is 10.1. The zero-order chi connectivity index (χ0) is 12.6. The van der Waals surface area contributed by atoms with Gasteiger partial charge in [0.25, 0.3) is 5.69 Å². The van der Waals surface area contributed by atoms with Crippen molar-refractivity contribution in [1.29, 1.82) is 0 Å². The summed E-state index contributed by atoms with van der Waals surface area (Å²) in [5, 5.41) is 10.8. The summed E-state index contributed by atoms with van der Waals surface area (Å²) in [7, 11) is 0. The normalized spacial score (nSPS) is 24.0. The quantitative estimate of drug-likeness (QED) is 0.485. The number of rotatable bonds is 2. The zero-order valence-electron chi connectivity index (χ0n) is 10.1. The van der Waals surface area contributed by atoms with Crippen LogP contribution in [0.3, 0.4) is 0 Å². The Morgan fingerprint density at radius 3 is 2.41 bits per heavy atom. The van der Waals surface area contributed by atoms with Gasteiger partial charge in [-0.25, -0.2) is 0 Å². The van der Waals surface area contributed by atoms with Crippen molar-refractivity contribution in [3.63, 3.8) is 0 Å². The van der Waals surface area contributed by atoms with E-state index in [1.165, 1.54) is 6.07 Å². The van der Waals surface area contributed by atoms with Crippen LogP contribution in [0.5, 0.6) is 0 Å². The van der Waals surface area contributed by atoms with Gasteiger partial charge in [-0.05, 0) is 17.9 Å². The van der Waals surface area contributed by atoms with Gasteiger partial charge in [0.05, 0.1) is 4.92 Å². The van der Waals surface area contributed by atoms with E-state index in [0.29, 0.717) is 17.5 Å². The van der Waals surface area contributed by atoms with Crippen LogP contribution < -0.4 is 10.6 Å². The topological polar surface area (TPSA) is 72.4 Å². The Morgan fingerprint density at radius 1 is 1.29 bits per heavy atom. The molecule has 0 saturated carbocycles. The van der Waals surface area contributed by atoms with Crippen molar-refractivity contribution in [3.8, 4) is 0 Å². The fraction of sp³-hybridized carbons (Fsp3) is 0.500. The molecule has 92 valence electrons. The first kappa shape index (κ1) is 11.7. The van der Waals surface area contributed by atoms with Crippen molar-refractivity contribution in [3.05, 3.63) is 28.3 Å². The molecule has 1 aromatic carbocycles. The van der Waals surface area contributed by atoms with Gasteiger partial charge in [-0.3, -0.25) is 10.1 Å². The molecule has 17 heavy (non-hydrogen) atoms. The molecule has 1 heterocycles. The standard InChI is InChI=1S/C12H17N3O2/c1-8-6-14(7-9(8)2)11-3-10(13)4-12(5-11)15(16)17/h3-5,8-9H,6-7,13H2,1-2H3. The molecule has 2 atom stereocenters. The van der Waals surface area contributed by atoms with Crippen LogP contribution in [0, 0.1) is 22.0 Å². The first-order valence-corrected chi connectivity index (χ1v) is 5.77.